The number of hydrogen-bond acceptors (Lipinski definition) is 3. The van der Waals surface area contributed by atoms with Crippen LogP contribution in [0.5, 0.6) is 5.75 Å². The number of methoxy groups -OCH3 is 1. The van der Waals surface area contributed by atoms with Crippen molar-refractivity contribution in [2.45, 2.75) is 19.9 Å². The van der Waals surface area contributed by atoms with Crippen LogP contribution >= 0.6 is 0 Å². The zero-order valence-electron chi connectivity index (χ0n) is 11.8. The van der Waals surface area contributed by atoms with E-state index in [1.165, 1.54) is 11.1 Å². The highest BCUT2D eigenvalue weighted by atomic mass is 16.5. The van der Waals surface area contributed by atoms with Crippen LogP contribution < -0.4 is 4.74 Å². The summed E-state index contributed by atoms with van der Waals surface area (Å²) in [6.07, 6.45) is 3.20. The fraction of sp³-hybridized carbons (Fsp3) is 0.500. The third-order valence-corrected chi connectivity index (χ3v) is 3.88. The lowest BCUT2D eigenvalue weighted by molar-refractivity contribution is 0.170. The molecule has 1 fully saturated rings. The fourth-order valence-electron chi connectivity index (χ4n) is 2.65. The quantitative estimate of drug-likeness (QED) is 0.845. The molecule has 0 aromatic heterocycles. The fourth-order valence-corrected chi connectivity index (χ4v) is 2.65. The lowest BCUT2D eigenvalue weighted by atomic mass is 9.91. The molecule has 1 N–H and O–H groups in total. The molecule has 0 bridgehead atoms. The number of piperidine rings is 1. The van der Waals surface area contributed by atoms with Crippen molar-refractivity contribution in [2.24, 2.45) is 5.92 Å². The molecule has 2 rings (SSSR count). The van der Waals surface area contributed by atoms with Gasteiger partial charge in [0.15, 0.2) is 0 Å². The van der Waals surface area contributed by atoms with Crippen molar-refractivity contribution in [3.8, 4) is 5.75 Å². The number of benzene rings is 1. The molecule has 3 heteroatoms. The largest absolute Gasteiger partial charge is 0.497 e. The summed E-state index contributed by atoms with van der Waals surface area (Å²) in [6.45, 7) is 5.31. The van der Waals surface area contributed by atoms with Crippen molar-refractivity contribution in [1.29, 1.82) is 0 Å². The molecule has 1 aliphatic rings. The van der Waals surface area contributed by atoms with E-state index in [4.69, 9.17) is 4.74 Å². The van der Waals surface area contributed by atoms with Gasteiger partial charge in [-0.3, -0.25) is 4.90 Å². The van der Waals surface area contributed by atoms with Gasteiger partial charge in [0.1, 0.15) is 5.75 Å². The molecule has 104 valence electrons. The van der Waals surface area contributed by atoms with Crippen molar-refractivity contribution >= 4 is 0 Å². The van der Waals surface area contributed by atoms with Gasteiger partial charge >= 0.3 is 0 Å². The molecule has 1 saturated heterocycles. The average Bonchev–Trinajstić information content (AvgIpc) is 2.48. The molecule has 1 aromatic carbocycles. The zero-order valence-corrected chi connectivity index (χ0v) is 11.8. The zero-order chi connectivity index (χ0) is 13.7. The molecule has 19 heavy (non-hydrogen) atoms. The molecule has 1 atom stereocenters. The van der Waals surface area contributed by atoms with Crippen LogP contribution in [0, 0.1) is 5.92 Å². The van der Waals surface area contributed by atoms with E-state index < -0.39 is 0 Å². The third kappa shape index (κ3) is 3.58. The van der Waals surface area contributed by atoms with Crippen LogP contribution in [0.25, 0.3) is 0 Å². The van der Waals surface area contributed by atoms with Gasteiger partial charge in [0.25, 0.3) is 0 Å². The lowest BCUT2D eigenvalue weighted by Crippen LogP contribution is -2.36. The topological polar surface area (TPSA) is 32.7 Å². The van der Waals surface area contributed by atoms with E-state index in [0.717, 1.165) is 31.8 Å². The minimum Gasteiger partial charge on any atom is -0.497 e. The molecule has 0 spiro atoms. The van der Waals surface area contributed by atoms with Gasteiger partial charge in [-0.15, -0.1) is 0 Å². The predicted octanol–water partition coefficient (Wildman–Crippen LogP) is 2.46. The second kappa shape index (κ2) is 6.73. The SMILES string of the molecule is C/C=C1/CN(Cc2ccc(OC)cc2)CC[C@@H]1CO. The van der Waals surface area contributed by atoms with E-state index >= 15 is 0 Å². The van der Waals surface area contributed by atoms with Crippen molar-refractivity contribution in [3.05, 3.63) is 41.5 Å². The summed E-state index contributed by atoms with van der Waals surface area (Å²) in [5.74, 6) is 1.26. The number of rotatable bonds is 4. The number of ether oxygens (including phenoxy) is 1. The van der Waals surface area contributed by atoms with Crippen LogP contribution in [0.2, 0.25) is 0 Å². The number of hydrogen-bond donors (Lipinski definition) is 1. The van der Waals surface area contributed by atoms with E-state index in [2.05, 4.69) is 30.0 Å². The van der Waals surface area contributed by atoms with Crippen LogP contribution in [0.15, 0.2) is 35.9 Å². The van der Waals surface area contributed by atoms with Crippen molar-refractivity contribution in [2.75, 3.05) is 26.8 Å². The van der Waals surface area contributed by atoms with Crippen molar-refractivity contribution < 1.29 is 9.84 Å². The first-order chi connectivity index (χ1) is 9.26. The summed E-state index contributed by atoms with van der Waals surface area (Å²) in [6, 6.07) is 8.25. The first-order valence-corrected chi connectivity index (χ1v) is 6.88. The predicted molar refractivity (Wildman–Crippen MR) is 77.2 cm³/mol. The molecule has 3 nitrogen and oxygen atoms in total. The van der Waals surface area contributed by atoms with Gasteiger partial charge < -0.3 is 9.84 Å². The Morgan fingerprint density at radius 1 is 1.37 bits per heavy atom. The Kier molecular flexibility index (Phi) is 5.00. The third-order valence-electron chi connectivity index (χ3n) is 3.88. The summed E-state index contributed by atoms with van der Waals surface area (Å²) >= 11 is 0. The summed E-state index contributed by atoms with van der Waals surface area (Å²) in [5, 5.41) is 9.35. The van der Waals surface area contributed by atoms with Crippen LogP contribution in [-0.4, -0.2) is 36.8 Å². The number of likely N-dealkylation sites (tertiary alicyclic amines) is 1. The molecule has 0 aliphatic carbocycles. The highest BCUT2D eigenvalue weighted by Crippen LogP contribution is 2.24. The first-order valence-electron chi connectivity index (χ1n) is 6.88. The Morgan fingerprint density at radius 2 is 2.11 bits per heavy atom. The Bertz CT molecular complexity index is 425. The monoisotopic (exact) mass is 261 g/mol. The Hall–Kier alpha value is -1.32. The van der Waals surface area contributed by atoms with Gasteiger partial charge in [0, 0.05) is 25.6 Å². The van der Waals surface area contributed by atoms with Gasteiger partial charge in [0.05, 0.1) is 7.11 Å². The van der Waals surface area contributed by atoms with Crippen LogP contribution in [0.4, 0.5) is 0 Å². The molecule has 1 aliphatic heterocycles. The van der Waals surface area contributed by atoms with Gasteiger partial charge in [-0.05, 0) is 37.6 Å². The van der Waals surface area contributed by atoms with E-state index in [1.54, 1.807) is 7.11 Å². The second-order valence-electron chi connectivity index (χ2n) is 5.09. The lowest BCUT2D eigenvalue weighted by Gasteiger charge is -2.33. The molecule has 0 saturated carbocycles. The molecule has 0 unspecified atom stereocenters. The Morgan fingerprint density at radius 3 is 2.68 bits per heavy atom. The normalized spacial score (nSPS) is 22.7. The summed E-state index contributed by atoms with van der Waals surface area (Å²) in [4.78, 5) is 2.43. The summed E-state index contributed by atoms with van der Waals surface area (Å²) in [5.41, 5.74) is 2.67. The van der Waals surface area contributed by atoms with Crippen LogP contribution in [0.3, 0.4) is 0 Å². The molecule has 1 heterocycles. The highest BCUT2D eigenvalue weighted by Gasteiger charge is 2.22. The van der Waals surface area contributed by atoms with Gasteiger partial charge in [-0.25, -0.2) is 0 Å². The number of aliphatic hydroxyl groups is 1. The van der Waals surface area contributed by atoms with Gasteiger partial charge in [0.2, 0.25) is 0 Å². The minimum atomic E-state index is 0.274. The molecule has 1 aromatic rings. The maximum absolute atomic E-state index is 9.35. The second-order valence-corrected chi connectivity index (χ2v) is 5.09. The highest BCUT2D eigenvalue weighted by molar-refractivity contribution is 5.27. The van der Waals surface area contributed by atoms with Crippen molar-refractivity contribution in [1.82, 2.24) is 4.90 Å². The van der Waals surface area contributed by atoms with Gasteiger partial charge in [-0.2, -0.15) is 0 Å². The summed E-state index contributed by atoms with van der Waals surface area (Å²) in [7, 11) is 1.69. The molecular weight excluding hydrogens is 238 g/mol. The standard InChI is InChI=1S/C16H23NO2/c1-3-14-11-17(9-8-15(14)12-18)10-13-4-6-16(19-2)7-5-13/h3-7,15,18H,8-12H2,1-2H3/b14-3-/t15-/m1/s1. The summed E-state index contributed by atoms with van der Waals surface area (Å²) < 4.78 is 5.17. The van der Waals surface area contributed by atoms with E-state index in [-0.39, 0.29) is 6.61 Å². The van der Waals surface area contributed by atoms with Crippen molar-refractivity contribution in [3.63, 3.8) is 0 Å². The number of nitrogens with zero attached hydrogens (tertiary/aromatic N) is 1. The van der Waals surface area contributed by atoms with E-state index in [0.29, 0.717) is 5.92 Å². The van der Waals surface area contributed by atoms with Crippen LogP contribution in [-0.2, 0) is 6.54 Å². The Balaban J connectivity index is 1.96. The number of aliphatic hydroxyl groups excluding tert-OH is 1. The first kappa shape index (κ1) is 14.1. The van der Waals surface area contributed by atoms with Crippen LogP contribution in [0.1, 0.15) is 18.9 Å². The maximum atomic E-state index is 9.35. The van der Waals surface area contributed by atoms with E-state index in [1.807, 2.05) is 12.1 Å². The molecule has 0 radical (unpaired) electrons. The maximum Gasteiger partial charge on any atom is 0.118 e. The average molecular weight is 261 g/mol. The Labute approximate surface area is 115 Å². The molecular formula is C16H23NO2. The number of allylic oxidation sites excluding steroid dienone is 1. The van der Waals surface area contributed by atoms with E-state index in [9.17, 15) is 5.11 Å². The smallest absolute Gasteiger partial charge is 0.118 e. The van der Waals surface area contributed by atoms with Gasteiger partial charge in [-0.1, -0.05) is 23.8 Å². The molecule has 0 amide bonds. The minimum absolute atomic E-state index is 0.274.